The summed E-state index contributed by atoms with van der Waals surface area (Å²) < 4.78 is 34.7. The number of hydrogen-bond acceptors (Lipinski definition) is 4. The molecule has 1 heterocycles. The van der Waals surface area contributed by atoms with Crippen LogP contribution >= 0.6 is 0 Å². The Labute approximate surface area is 262 Å². The first-order chi connectivity index (χ1) is 21.4. The molecule has 2 aliphatic rings. The number of carbonyl (C=O) groups is 2. The molecule has 1 amide bonds. The second-order valence-electron chi connectivity index (χ2n) is 13.8. The highest BCUT2D eigenvalue weighted by molar-refractivity contribution is 5.96. The molecule has 45 heavy (non-hydrogen) atoms. The maximum absolute atomic E-state index is 13.9. The van der Waals surface area contributed by atoms with Gasteiger partial charge in [-0.1, -0.05) is 49.2 Å². The van der Waals surface area contributed by atoms with Crippen molar-refractivity contribution in [3.05, 3.63) is 95.2 Å². The summed E-state index contributed by atoms with van der Waals surface area (Å²) in [6, 6.07) is 17.6. The molecule has 2 fully saturated rings. The van der Waals surface area contributed by atoms with Crippen LogP contribution in [0.25, 0.3) is 10.8 Å². The third-order valence-corrected chi connectivity index (χ3v) is 9.17. The fraction of sp³-hybridized carbons (Fsp3) is 0.405. The van der Waals surface area contributed by atoms with Crippen LogP contribution in [0.1, 0.15) is 81.9 Å². The molecule has 0 aliphatic heterocycles. The number of fused-ring (bicyclic) bond motifs is 1. The first-order valence-corrected chi connectivity index (χ1v) is 15.8. The monoisotopic (exact) mass is 614 g/mol. The van der Waals surface area contributed by atoms with E-state index in [1.165, 1.54) is 0 Å². The van der Waals surface area contributed by atoms with Crippen LogP contribution in [0.3, 0.4) is 0 Å². The standard InChI is InChI=1S/C37H40F2N2O4/c1-36(2,3)45-35(44)37(15-16-37)20-24-7-6-10-28(17-24)40-33(42)32(25-8-4-5-9-25)26-13-11-23(12-14-26)21-41-22-27-18-30(38)31(39)19-29(27)34(41)43/h6-7,10-14,17-19,22,25,32,43H,4-5,8-9,15-16,20-21H2,1-3H3,(H,40,42). The van der Waals surface area contributed by atoms with E-state index in [2.05, 4.69) is 5.32 Å². The van der Waals surface area contributed by atoms with Crippen LogP contribution in [0, 0.1) is 23.0 Å². The summed E-state index contributed by atoms with van der Waals surface area (Å²) in [5.74, 6) is -2.40. The summed E-state index contributed by atoms with van der Waals surface area (Å²) in [5.41, 5.74) is 2.49. The lowest BCUT2D eigenvalue weighted by Gasteiger charge is -2.24. The number of hydrogen-bond donors (Lipinski definition) is 2. The van der Waals surface area contributed by atoms with Crippen molar-refractivity contribution in [3.8, 4) is 5.88 Å². The van der Waals surface area contributed by atoms with Crippen molar-refractivity contribution in [2.24, 2.45) is 11.3 Å². The number of ether oxygens (including phenoxy) is 1. The third kappa shape index (κ3) is 6.75. The Morgan fingerprint density at radius 2 is 1.69 bits per heavy atom. The van der Waals surface area contributed by atoms with E-state index >= 15 is 0 Å². The molecule has 1 atom stereocenters. The quantitative estimate of drug-likeness (QED) is 0.186. The zero-order chi connectivity index (χ0) is 31.9. The van der Waals surface area contributed by atoms with Crippen LogP contribution in [-0.2, 0) is 27.3 Å². The molecule has 0 radical (unpaired) electrons. The van der Waals surface area contributed by atoms with Gasteiger partial charge in [-0.05, 0) is 99.7 Å². The zero-order valence-electron chi connectivity index (χ0n) is 26.0. The molecule has 4 aromatic rings. The van der Waals surface area contributed by atoms with Gasteiger partial charge in [0, 0.05) is 22.7 Å². The van der Waals surface area contributed by atoms with Gasteiger partial charge < -0.3 is 19.7 Å². The number of esters is 1. The number of amides is 1. The van der Waals surface area contributed by atoms with Crippen molar-refractivity contribution >= 4 is 28.3 Å². The van der Waals surface area contributed by atoms with Crippen molar-refractivity contribution in [2.45, 2.75) is 83.8 Å². The van der Waals surface area contributed by atoms with Crippen molar-refractivity contribution in [3.63, 3.8) is 0 Å². The van der Waals surface area contributed by atoms with Crippen molar-refractivity contribution in [1.29, 1.82) is 0 Å². The van der Waals surface area contributed by atoms with Gasteiger partial charge in [0.05, 0.1) is 17.9 Å². The van der Waals surface area contributed by atoms with E-state index < -0.39 is 22.7 Å². The zero-order valence-corrected chi connectivity index (χ0v) is 26.0. The molecule has 2 aliphatic carbocycles. The normalized spacial score (nSPS) is 16.9. The van der Waals surface area contributed by atoms with Crippen LogP contribution in [0.15, 0.2) is 66.9 Å². The number of anilines is 1. The molecule has 6 rings (SSSR count). The fourth-order valence-electron chi connectivity index (χ4n) is 6.68. The predicted molar refractivity (Wildman–Crippen MR) is 170 cm³/mol. The highest BCUT2D eigenvalue weighted by Gasteiger charge is 2.52. The highest BCUT2D eigenvalue weighted by atomic mass is 19.2. The Balaban J connectivity index is 1.17. The number of nitrogens with zero attached hydrogens (tertiary/aromatic N) is 1. The van der Waals surface area contributed by atoms with Gasteiger partial charge in [-0.2, -0.15) is 0 Å². The molecular weight excluding hydrogens is 574 g/mol. The third-order valence-electron chi connectivity index (χ3n) is 9.17. The van der Waals surface area contributed by atoms with E-state index in [0.717, 1.165) is 67.3 Å². The van der Waals surface area contributed by atoms with Gasteiger partial charge in [-0.15, -0.1) is 0 Å². The van der Waals surface area contributed by atoms with Crippen LogP contribution in [0.2, 0.25) is 0 Å². The first-order valence-electron chi connectivity index (χ1n) is 15.8. The molecule has 2 saturated carbocycles. The number of halogens is 2. The molecule has 236 valence electrons. The molecule has 0 bridgehead atoms. The lowest BCUT2D eigenvalue weighted by atomic mass is 9.83. The maximum atomic E-state index is 13.9. The SMILES string of the molecule is CC(C)(C)OC(=O)C1(Cc2cccc(NC(=O)C(c3ccc(Cn4cc5cc(F)c(F)cc5c4O)cc3)C3CCCC3)c2)CC1. The topological polar surface area (TPSA) is 80.6 Å². The van der Waals surface area contributed by atoms with Crippen LogP contribution in [0.5, 0.6) is 5.88 Å². The van der Waals surface area contributed by atoms with Crippen LogP contribution < -0.4 is 5.32 Å². The van der Waals surface area contributed by atoms with E-state index in [4.69, 9.17) is 4.74 Å². The van der Waals surface area contributed by atoms with E-state index in [1.54, 1.807) is 10.8 Å². The summed E-state index contributed by atoms with van der Waals surface area (Å²) in [4.78, 5) is 26.7. The Hall–Kier alpha value is -4.20. The molecule has 3 aromatic carbocycles. The summed E-state index contributed by atoms with van der Waals surface area (Å²) >= 11 is 0. The van der Waals surface area contributed by atoms with E-state index in [-0.39, 0.29) is 35.0 Å². The number of benzene rings is 3. The minimum atomic E-state index is -1.00. The predicted octanol–water partition coefficient (Wildman–Crippen LogP) is 8.25. The van der Waals surface area contributed by atoms with Crippen molar-refractivity contribution in [1.82, 2.24) is 4.57 Å². The van der Waals surface area contributed by atoms with Gasteiger partial charge in [-0.3, -0.25) is 9.59 Å². The lowest BCUT2D eigenvalue weighted by Crippen LogP contribution is -2.30. The van der Waals surface area contributed by atoms with Gasteiger partial charge in [0.15, 0.2) is 17.5 Å². The van der Waals surface area contributed by atoms with Gasteiger partial charge in [0.25, 0.3) is 0 Å². The van der Waals surface area contributed by atoms with Crippen LogP contribution in [0.4, 0.5) is 14.5 Å². The van der Waals surface area contributed by atoms with Crippen molar-refractivity contribution in [2.75, 3.05) is 5.32 Å². The van der Waals surface area contributed by atoms with Gasteiger partial charge in [-0.25, -0.2) is 8.78 Å². The van der Waals surface area contributed by atoms with Gasteiger partial charge >= 0.3 is 5.97 Å². The second-order valence-corrected chi connectivity index (χ2v) is 13.8. The summed E-state index contributed by atoms with van der Waals surface area (Å²) in [6.07, 6.45) is 7.93. The average molecular weight is 615 g/mol. The Morgan fingerprint density at radius 1 is 1.00 bits per heavy atom. The smallest absolute Gasteiger partial charge is 0.312 e. The molecule has 6 nitrogen and oxygen atoms in total. The van der Waals surface area contributed by atoms with E-state index in [0.29, 0.717) is 24.0 Å². The van der Waals surface area contributed by atoms with E-state index in [9.17, 15) is 23.5 Å². The van der Waals surface area contributed by atoms with Gasteiger partial charge in [0.1, 0.15) is 5.60 Å². The first kappa shape index (κ1) is 30.8. The molecule has 1 aromatic heterocycles. The molecular formula is C37H40F2N2O4. The lowest BCUT2D eigenvalue weighted by molar-refractivity contribution is -0.161. The molecule has 0 saturated heterocycles. The van der Waals surface area contributed by atoms with Gasteiger partial charge in [0.2, 0.25) is 5.91 Å². The Bertz CT molecular complexity index is 1730. The molecule has 0 spiro atoms. The van der Waals surface area contributed by atoms with E-state index in [1.807, 2.05) is 69.3 Å². The fourth-order valence-corrected chi connectivity index (χ4v) is 6.68. The van der Waals surface area contributed by atoms with Crippen molar-refractivity contribution < 1.29 is 28.2 Å². The number of aromatic hydroxyl groups is 1. The average Bonchev–Trinajstić information content (AvgIpc) is 3.45. The second kappa shape index (κ2) is 12.0. The summed E-state index contributed by atoms with van der Waals surface area (Å²) in [5, 5.41) is 14.5. The number of rotatable bonds is 9. The number of carbonyl (C=O) groups excluding carboxylic acids is 2. The minimum Gasteiger partial charge on any atom is -0.494 e. The number of aromatic nitrogens is 1. The Morgan fingerprint density at radius 3 is 2.36 bits per heavy atom. The summed E-state index contributed by atoms with van der Waals surface area (Å²) in [6.45, 7) is 5.95. The largest absolute Gasteiger partial charge is 0.494 e. The highest BCUT2D eigenvalue weighted by Crippen LogP contribution is 2.50. The molecule has 8 heteroatoms. The summed E-state index contributed by atoms with van der Waals surface area (Å²) in [7, 11) is 0. The minimum absolute atomic E-state index is 0.0570. The Kier molecular flexibility index (Phi) is 8.18. The molecule has 2 N–H and O–H groups in total. The maximum Gasteiger partial charge on any atom is 0.312 e. The van der Waals surface area contributed by atoms with Crippen LogP contribution in [-0.4, -0.2) is 27.2 Å². The number of nitrogens with one attached hydrogen (secondary N) is 1. The molecule has 1 unspecified atom stereocenters.